The first-order chi connectivity index (χ1) is 9.88. The van der Waals surface area contributed by atoms with Crippen LogP contribution < -0.4 is 4.74 Å². The summed E-state index contributed by atoms with van der Waals surface area (Å²) >= 11 is 0. The predicted molar refractivity (Wildman–Crippen MR) is 84.7 cm³/mol. The number of likely N-dealkylation sites (N-methyl/N-ethyl adjacent to an activating group) is 1. The Balaban J connectivity index is 2.02. The van der Waals surface area contributed by atoms with E-state index in [0.717, 1.165) is 24.2 Å². The van der Waals surface area contributed by atoms with Gasteiger partial charge in [0.05, 0.1) is 6.54 Å². The van der Waals surface area contributed by atoms with Crippen molar-refractivity contribution in [3.8, 4) is 5.75 Å². The molecule has 0 aromatic heterocycles. The maximum atomic E-state index is 12.3. The van der Waals surface area contributed by atoms with Crippen molar-refractivity contribution in [3.05, 3.63) is 29.3 Å². The fraction of sp³-hybridized carbons (Fsp3) is 0.588. The van der Waals surface area contributed by atoms with Crippen LogP contribution in [0.2, 0.25) is 0 Å². The molecule has 21 heavy (non-hydrogen) atoms. The van der Waals surface area contributed by atoms with Crippen LogP contribution in [0.4, 0.5) is 0 Å². The highest BCUT2D eigenvalue weighted by Gasteiger charge is 2.29. The number of para-hydroxylation sites is 1. The Morgan fingerprint density at radius 2 is 1.71 bits per heavy atom. The summed E-state index contributed by atoms with van der Waals surface area (Å²) in [5.41, 5.74) is 2.01. The average Bonchev–Trinajstić information content (AvgIpc) is 2.38. The quantitative estimate of drug-likeness (QED) is 0.631. The Bertz CT molecular complexity index is 483. The molecule has 1 aromatic rings. The van der Waals surface area contributed by atoms with Gasteiger partial charge in [0.2, 0.25) is 0 Å². The van der Waals surface area contributed by atoms with Gasteiger partial charge in [-0.2, -0.15) is 0 Å². The summed E-state index contributed by atoms with van der Waals surface area (Å²) in [6, 6.07) is 6.65. The molecule has 116 valence electrons. The standard InChI is InChI=1S/C17H26N2O2/c1-12-7-6-8-13(2)17(12)21-16(20)11-19-14(3)9-18(5)10-15(19)4/h6-8,14-15H,9-11H2,1-5H3. The maximum Gasteiger partial charge on any atom is 0.325 e. The predicted octanol–water partition coefficient (Wildman–Crippen LogP) is 2.23. The lowest BCUT2D eigenvalue weighted by molar-refractivity contribution is -0.137. The van der Waals surface area contributed by atoms with Gasteiger partial charge in [0.15, 0.2) is 0 Å². The van der Waals surface area contributed by atoms with E-state index in [2.05, 4.69) is 30.7 Å². The molecule has 0 amide bonds. The van der Waals surface area contributed by atoms with E-state index < -0.39 is 0 Å². The molecule has 1 saturated heterocycles. The molecule has 0 bridgehead atoms. The van der Waals surface area contributed by atoms with Crippen LogP contribution in [0.5, 0.6) is 5.75 Å². The third-order valence-electron chi connectivity index (χ3n) is 4.22. The molecule has 1 aliphatic heterocycles. The van der Waals surface area contributed by atoms with Crippen LogP contribution in [0, 0.1) is 13.8 Å². The number of carbonyl (C=O) groups excluding carboxylic acids is 1. The van der Waals surface area contributed by atoms with Crippen LogP contribution in [-0.4, -0.2) is 54.5 Å². The Morgan fingerprint density at radius 1 is 1.19 bits per heavy atom. The second-order valence-electron chi connectivity index (χ2n) is 6.29. The van der Waals surface area contributed by atoms with E-state index in [9.17, 15) is 4.79 Å². The van der Waals surface area contributed by atoms with Gasteiger partial charge in [-0.1, -0.05) is 18.2 Å². The van der Waals surface area contributed by atoms with Crippen molar-refractivity contribution in [2.75, 3.05) is 26.7 Å². The van der Waals surface area contributed by atoms with E-state index in [1.165, 1.54) is 0 Å². The number of nitrogens with zero attached hydrogens (tertiary/aromatic N) is 2. The molecule has 1 aromatic carbocycles. The van der Waals surface area contributed by atoms with Gasteiger partial charge in [-0.3, -0.25) is 9.69 Å². The first kappa shape index (κ1) is 16.0. The topological polar surface area (TPSA) is 32.8 Å². The van der Waals surface area contributed by atoms with Crippen molar-refractivity contribution in [2.24, 2.45) is 0 Å². The van der Waals surface area contributed by atoms with Crippen LogP contribution in [0.1, 0.15) is 25.0 Å². The minimum absolute atomic E-state index is 0.171. The third-order valence-corrected chi connectivity index (χ3v) is 4.22. The first-order valence-electron chi connectivity index (χ1n) is 7.59. The van der Waals surface area contributed by atoms with Gasteiger partial charge in [0, 0.05) is 25.2 Å². The molecule has 2 rings (SSSR count). The van der Waals surface area contributed by atoms with Gasteiger partial charge in [-0.15, -0.1) is 0 Å². The molecule has 0 spiro atoms. The number of hydrogen-bond acceptors (Lipinski definition) is 4. The molecule has 2 atom stereocenters. The molecule has 0 saturated carbocycles. The number of carbonyl (C=O) groups is 1. The molecule has 1 aliphatic rings. The van der Waals surface area contributed by atoms with E-state index in [-0.39, 0.29) is 5.97 Å². The molecule has 2 unspecified atom stereocenters. The summed E-state index contributed by atoms with van der Waals surface area (Å²) in [5, 5.41) is 0. The molecular weight excluding hydrogens is 264 g/mol. The number of aryl methyl sites for hydroxylation is 2. The van der Waals surface area contributed by atoms with Crippen LogP contribution in [0.25, 0.3) is 0 Å². The highest BCUT2D eigenvalue weighted by atomic mass is 16.5. The molecule has 1 fully saturated rings. The van der Waals surface area contributed by atoms with Gasteiger partial charge >= 0.3 is 5.97 Å². The first-order valence-corrected chi connectivity index (χ1v) is 7.59. The second kappa shape index (κ2) is 6.58. The zero-order valence-electron chi connectivity index (χ0n) is 13.7. The Hall–Kier alpha value is -1.39. The lowest BCUT2D eigenvalue weighted by Crippen LogP contribution is -2.57. The summed E-state index contributed by atoms with van der Waals surface area (Å²) in [7, 11) is 2.12. The lowest BCUT2D eigenvalue weighted by atomic mass is 10.1. The molecule has 0 N–H and O–H groups in total. The Morgan fingerprint density at radius 3 is 2.24 bits per heavy atom. The van der Waals surface area contributed by atoms with E-state index in [4.69, 9.17) is 4.74 Å². The van der Waals surface area contributed by atoms with Gasteiger partial charge in [0.1, 0.15) is 5.75 Å². The molecule has 0 radical (unpaired) electrons. The van der Waals surface area contributed by atoms with Crippen molar-refractivity contribution in [1.29, 1.82) is 0 Å². The monoisotopic (exact) mass is 290 g/mol. The minimum atomic E-state index is -0.171. The highest BCUT2D eigenvalue weighted by Crippen LogP contribution is 2.23. The molecule has 4 nitrogen and oxygen atoms in total. The summed E-state index contributed by atoms with van der Waals surface area (Å²) in [4.78, 5) is 16.8. The SMILES string of the molecule is Cc1cccc(C)c1OC(=O)CN1C(C)CN(C)CC1C. The van der Waals surface area contributed by atoms with Gasteiger partial charge in [-0.05, 0) is 45.9 Å². The smallest absolute Gasteiger partial charge is 0.325 e. The summed E-state index contributed by atoms with van der Waals surface area (Å²) < 4.78 is 5.61. The fourth-order valence-corrected chi connectivity index (χ4v) is 3.19. The van der Waals surface area contributed by atoms with Gasteiger partial charge in [0.25, 0.3) is 0 Å². The molecular formula is C17H26N2O2. The zero-order chi connectivity index (χ0) is 15.6. The zero-order valence-corrected chi connectivity index (χ0v) is 13.7. The van der Waals surface area contributed by atoms with E-state index in [1.54, 1.807) is 0 Å². The molecule has 0 aliphatic carbocycles. The van der Waals surface area contributed by atoms with Crippen LogP contribution in [0.3, 0.4) is 0 Å². The highest BCUT2D eigenvalue weighted by molar-refractivity contribution is 5.75. The van der Waals surface area contributed by atoms with Crippen LogP contribution in [-0.2, 0) is 4.79 Å². The van der Waals surface area contributed by atoms with Crippen LogP contribution >= 0.6 is 0 Å². The Kier molecular flexibility index (Phi) is 5.01. The largest absolute Gasteiger partial charge is 0.425 e. The maximum absolute atomic E-state index is 12.3. The molecule has 1 heterocycles. The summed E-state index contributed by atoms with van der Waals surface area (Å²) in [5.74, 6) is 0.535. The number of piperazine rings is 1. The van der Waals surface area contributed by atoms with Crippen molar-refractivity contribution < 1.29 is 9.53 Å². The molecule has 4 heteroatoms. The normalized spacial score (nSPS) is 24.0. The number of benzene rings is 1. The fourth-order valence-electron chi connectivity index (χ4n) is 3.19. The van der Waals surface area contributed by atoms with Crippen molar-refractivity contribution >= 4 is 5.97 Å². The van der Waals surface area contributed by atoms with Gasteiger partial charge in [-0.25, -0.2) is 0 Å². The third kappa shape index (κ3) is 3.83. The van der Waals surface area contributed by atoms with Gasteiger partial charge < -0.3 is 9.64 Å². The van der Waals surface area contributed by atoms with Crippen molar-refractivity contribution in [1.82, 2.24) is 9.80 Å². The lowest BCUT2D eigenvalue weighted by Gasteiger charge is -2.42. The number of rotatable bonds is 3. The number of ether oxygens (including phenoxy) is 1. The van der Waals surface area contributed by atoms with E-state index in [1.807, 2.05) is 32.0 Å². The minimum Gasteiger partial charge on any atom is -0.425 e. The van der Waals surface area contributed by atoms with Crippen molar-refractivity contribution in [3.63, 3.8) is 0 Å². The van der Waals surface area contributed by atoms with E-state index >= 15 is 0 Å². The Labute approximate surface area is 127 Å². The number of hydrogen-bond donors (Lipinski definition) is 0. The summed E-state index contributed by atoms with van der Waals surface area (Å²) in [6.45, 7) is 10.6. The summed E-state index contributed by atoms with van der Waals surface area (Å²) in [6.07, 6.45) is 0. The van der Waals surface area contributed by atoms with E-state index in [0.29, 0.717) is 24.4 Å². The van der Waals surface area contributed by atoms with Crippen molar-refractivity contribution in [2.45, 2.75) is 39.8 Å². The second-order valence-corrected chi connectivity index (χ2v) is 6.29. The van der Waals surface area contributed by atoms with Crippen LogP contribution in [0.15, 0.2) is 18.2 Å². The number of esters is 1. The average molecular weight is 290 g/mol.